The number of nitrogens with one attached hydrogen (secondary N) is 1. The fourth-order valence-electron chi connectivity index (χ4n) is 4.06. The van der Waals surface area contributed by atoms with Crippen LogP contribution < -0.4 is 5.32 Å². The standard InChI is InChI=1S/C21H33ClN4OS/c22-19-9-7-18(8-10-19)17-25-15-13-24(14-16-25)11-4-12-26(28)21(27)23-20-5-2-1-3-6-20/h7-10,20,28H,1-6,11-17H2,(H,23,27). The largest absolute Gasteiger partial charge is 0.335 e. The summed E-state index contributed by atoms with van der Waals surface area (Å²) in [5.74, 6) is 0. The molecule has 156 valence electrons. The number of piperazine rings is 1. The molecular weight excluding hydrogens is 392 g/mol. The third-order valence-electron chi connectivity index (χ3n) is 5.80. The van der Waals surface area contributed by atoms with Crippen LogP contribution in [0.1, 0.15) is 44.1 Å². The molecule has 2 fully saturated rings. The van der Waals surface area contributed by atoms with Crippen molar-refractivity contribution < 1.29 is 4.79 Å². The molecule has 1 saturated carbocycles. The number of thiol groups is 1. The second-order valence-electron chi connectivity index (χ2n) is 8.01. The highest BCUT2D eigenvalue weighted by Crippen LogP contribution is 2.18. The van der Waals surface area contributed by atoms with E-state index in [0.29, 0.717) is 12.6 Å². The van der Waals surface area contributed by atoms with Crippen LogP contribution in [-0.2, 0) is 6.54 Å². The summed E-state index contributed by atoms with van der Waals surface area (Å²) in [6.07, 6.45) is 6.91. The number of hydrogen-bond donors (Lipinski definition) is 2. The summed E-state index contributed by atoms with van der Waals surface area (Å²) in [6, 6.07) is 8.43. The first kappa shape index (κ1) is 21.8. The molecule has 1 heterocycles. The summed E-state index contributed by atoms with van der Waals surface area (Å²) in [5.41, 5.74) is 1.31. The highest BCUT2D eigenvalue weighted by atomic mass is 35.5. The maximum atomic E-state index is 12.2. The predicted octanol–water partition coefficient (Wildman–Crippen LogP) is 4.04. The van der Waals surface area contributed by atoms with Crippen LogP contribution in [-0.4, -0.2) is 65.4 Å². The van der Waals surface area contributed by atoms with Crippen molar-refractivity contribution in [2.75, 3.05) is 39.3 Å². The second-order valence-corrected chi connectivity index (χ2v) is 8.92. The van der Waals surface area contributed by atoms with Gasteiger partial charge in [-0.1, -0.05) is 55.8 Å². The molecule has 0 spiro atoms. The minimum Gasteiger partial charge on any atom is -0.335 e. The van der Waals surface area contributed by atoms with Crippen LogP contribution in [0.3, 0.4) is 0 Å². The van der Waals surface area contributed by atoms with Gasteiger partial charge in [-0.05, 0) is 43.5 Å². The van der Waals surface area contributed by atoms with Gasteiger partial charge in [0.25, 0.3) is 0 Å². The van der Waals surface area contributed by atoms with Crippen molar-refractivity contribution >= 4 is 30.4 Å². The highest BCUT2D eigenvalue weighted by molar-refractivity contribution is 7.78. The van der Waals surface area contributed by atoms with Crippen molar-refractivity contribution in [3.8, 4) is 0 Å². The Labute approximate surface area is 179 Å². The summed E-state index contributed by atoms with van der Waals surface area (Å²) >= 11 is 10.3. The molecule has 1 aromatic rings. The Morgan fingerprint density at radius 1 is 1.07 bits per heavy atom. The summed E-state index contributed by atoms with van der Waals surface area (Å²) in [7, 11) is 0. The maximum Gasteiger partial charge on any atom is 0.327 e. The third kappa shape index (κ3) is 7.14. The number of amides is 2. The summed E-state index contributed by atoms with van der Waals surface area (Å²) in [5, 5.41) is 3.91. The van der Waals surface area contributed by atoms with Gasteiger partial charge in [-0.3, -0.25) is 9.21 Å². The van der Waals surface area contributed by atoms with Crippen LogP contribution in [0.25, 0.3) is 0 Å². The van der Waals surface area contributed by atoms with Crippen molar-refractivity contribution in [2.45, 2.75) is 51.1 Å². The lowest BCUT2D eigenvalue weighted by Gasteiger charge is -2.35. The van der Waals surface area contributed by atoms with E-state index >= 15 is 0 Å². The monoisotopic (exact) mass is 424 g/mol. The summed E-state index contributed by atoms with van der Waals surface area (Å²) in [4.78, 5) is 17.2. The number of hydrogen-bond acceptors (Lipinski definition) is 4. The van der Waals surface area contributed by atoms with E-state index in [9.17, 15) is 4.79 Å². The molecule has 0 aromatic heterocycles. The van der Waals surface area contributed by atoms with Crippen LogP contribution in [0.4, 0.5) is 4.79 Å². The molecule has 0 bridgehead atoms. The van der Waals surface area contributed by atoms with Gasteiger partial charge in [-0.2, -0.15) is 0 Å². The maximum absolute atomic E-state index is 12.2. The fourth-order valence-corrected chi connectivity index (χ4v) is 4.39. The van der Waals surface area contributed by atoms with Crippen molar-refractivity contribution in [1.29, 1.82) is 0 Å². The van der Waals surface area contributed by atoms with E-state index < -0.39 is 0 Å². The van der Waals surface area contributed by atoms with E-state index in [1.165, 1.54) is 24.8 Å². The third-order valence-corrected chi connectivity index (χ3v) is 6.43. The molecule has 1 aliphatic heterocycles. The minimum atomic E-state index is -0.0389. The average Bonchev–Trinajstić information content (AvgIpc) is 2.71. The van der Waals surface area contributed by atoms with Crippen LogP contribution in [0.15, 0.2) is 24.3 Å². The Hall–Kier alpha value is -0.950. The first-order chi connectivity index (χ1) is 13.6. The van der Waals surface area contributed by atoms with Gasteiger partial charge in [0.1, 0.15) is 0 Å². The van der Waals surface area contributed by atoms with E-state index in [0.717, 1.165) is 63.6 Å². The lowest BCUT2D eigenvalue weighted by Crippen LogP contribution is -2.46. The zero-order valence-corrected chi connectivity index (χ0v) is 18.3. The Morgan fingerprint density at radius 3 is 2.39 bits per heavy atom. The van der Waals surface area contributed by atoms with Gasteiger partial charge in [0, 0.05) is 50.3 Å². The van der Waals surface area contributed by atoms with Crippen molar-refractivity contribution in [3.63, 3.8) is 0 Å². The van der Waals surface area contributed by atoms with Crippen LogP contribution >= 0.6 is 24.4 Å². The minimum absolute atomic E-state index is 0.0389. The predicted molar refractivity (Wildman–Crippen MR) is 119 cm³/mol. The Balaban J connectivity index is 1.28. The Morgan fingerprint density at radius 2 is 1.71 bits per heavy atom. The number of nitrogens with zero attached hydrogens (tertiary/aromatic N) is 3. The Bertz CT molecular complexity index is 601. The Kier molecular flexibility index (Phi) is 8.77. The van der Waals surface area contributed by atoms with Gasteiger partial charge < -0.3 is 10.2 Å². The topological polar surface area (TPSA) is 38.8 Å². The van der Waals surface area contributed by atoms with Crippen molar-refractivity contribution in [2.24, 2.45) is 0 Å². The van der Waals surface area contributed by atoms with Gasteiger partial charge in [0.2, 0.25) is 0 Å². The number of urea groups is 1. The average molecular weight is 425 g/mol. The number of halogens is 1. The molecule has 0 atom stereocenters. The molecular formula is C21H33ClN4OS. The molecule has 0 unspecified atom stereocenters. The van der Waals surface area contributed by atoms with E-state index in [1.807, 2.05) is 12.1 Å². The summed E-state index contributed by atoms with van der Waals surface area (Å²) in [6.45, 7) is 7.00. The molecule has 3 rings (SSSR count). The molecule has 1 aliphatic carbocycles. The SMILES string of the molecule is O=C(NC1CCCCC1)N(S)CCCN1CCN(Cc2ccc(Cl)cc2)CC1. The van der Waals surface area contributed by atoms with E-state index in [4.69, 9.17) is 11.6 Å². The first-order valence-electron chi connectivity index (χ1n) is 10.6. The smallest absolute Gasteiger partial charge is 0.327 e. The van der Waals surface area contributed by atoms with Gasteiger partial charge >= 0.3 is 6.03 Å². The quantitative estimate of drug-likeness (QED) is 0.649. The molecule has 1 N–H and O–H groups in total. The number of benzene rings is 1. The lowest BCUT2D eigenvalue weighted by atomic mass is 9.96. The molecule has 1 aromatic carbocycles. The number of carbonyl (C=O) groups is 1. The van der Waals surface area contributed by atoms with E-state index in [-0.39, 0.29) is 6.03 Å². The van der Waals surface area contributed by atoms with Crippen molar-refractivity contribution in [1.82, 2.24) is 19.4 Å². The molecule has 2 aliphatic rings. The summed E-state index contributed by atoms with van der Waals surface area (Å²) < 4.78 is 1.55. The molecule has 28 heavy (non-hydrogen) atoms. The van der Waals surface area contributed by atoms with Crippen LogP contribution in [0, 0.1) is 0 Å². The van der Waals surface area contributed by atoms with Crippen LogP contribution in [0.2, 0.25) is 5.02 Å². The van der Waals surface area contributed by atoms with Gasteiger partial charge in [0.05, 0.1) is 0 Å². The fraction of sp³-hybridized carbons (Fsp3) is 0.667. The first-order valence-corrected chi connectivity index (χ1v) is 11.3. The molecule has 2 amide bonds. The molecule has 5 nitrogen and oxygen atoms in total. The molecule has 7 heteroatoms. The van der Waals surface area contributed by atoms with Crippen LogP contribution in [0.5, 0.6) is 0 Å². The zero-order chi connectivity index (χ0) is 19.8. The highest BCUT2D eigenvalue weighted by Gasteiger charge is 2.19. The second kappa shape index (κ2) is 11.3. The lowest BCUT2D eigenvalue weighted by molar-refractivity contribution is 0.125. The van der Waals surface area contributed by atoms with Gasteiger partial charge in [-0.15, -0.1) is 0 Å². The normalized spacial score (nSPS) is 19.5. The van der Waals surface area contributed by atoms with E-state index in [1.54, 1.807) is 4.31 Å². The van der Waals surface area contributed by atoms with Gasteiger partial charge in [0.15, 0.2) is 0 Å². The molecule has 1 saturated heterocycles. The molecule has 0 radical (unpaired) electrons. The van der Waals surface area contributed by atoms with E-state index in [2.05, 4.69) is 40.1 Å². The van der Waals surface area contributed by atoms with Gasteiger partial charge in [-0.25, -0.2) is 4.79 Å². The van der Waals surface area contributed by atoms with Crippen molar-refractivity contribution in [3.05, 3.63) is 34.9 Å². The number of carbonyl (C=O) groups excluding carboxylic acids is 1. The number of rotatable bonds is 7. The zero-order valence-electron chi connectivity index (χ0n) is 16.7.